The van der Waals surface area contributed by atoms with Crippen LogP contribution in [0.1, 0.15) is 44.4 Å². The van der Waals surface area contributed by atoms with Gasteiger partial charge in [0.2, 0.25) is 0 Å². The average molecular weight is 595 g/mol. The van der Waals surface area contributed by atoms with Crippen LogP contribution >= 0.6 is 50.5 Å². The molecule has 2 aromatic carbocycles. The average Bonchev–Trinajstić information content (AvgIpc) is 3.39. The van der Waals surface area contributed by atoms with Gasteiger partial charge in [-0.15, -0.1) is 10.2 Å². The van der Waals surface area contributed by atoms with Crippen molar-refractivity contribution < 1.29 is 9.53 Å². The van der Waals surface area contributed by atoms with Crippen molar-refractivity contribution in [3.63, 3.8) is 0 Å². The van der Waals surface area contributed by atoms with Gasteiger partial charge >= 0.3 is 6.09 Å². The van der Waals surface area contributed by atoms with E-state index in [9.17, 15) is 4.79 Å². The zero-order valence-corrected chi connectivity index (χ0v) is 23.3. The molecule has 0 aliphatic heterocycles. The molecule has 7 nitrogen and oxygen atoms in total. The van der Waals surface area contributed by atoms with Crippen LogP contribution in [0.15, 0.2) is 46.9 Å². The molecule has 1 unspecified atom stereocenters. The number of benzene rings is 2. The Morgan fingerprint density at radius 2 is 1.83 bits per heavy atom. The van der Waals surface area contributed by atoms with Crippen molar-refractivity contribution in [1.29, 1.82) is 0 Å². The number of carbonyl (C=O) groups excluding carboxylic acids is 1. The van der Waals surface area contributed by atoms with E-state index in [-0.39, 0.29) is 5.41 Å². The van der Waals surface area contributed by atoms with E-state index in [2.05, 4.69) is 46.9 Å². The number of hydrogen-bond donors (Lipinski definition) is 1. The third-order valence-corrected chi connectivity index (χ3v) is 7.57. The molecule has 0 aliphatic rings. The molecular weight excluding hydrogens is 573 g/mol. The first-order chi connectivity index (χ1) is 16.5. The first-order valence-corrected chi connectivity index (χ1v) is 13.0. The minimum atomic E-state index is -0.893. The van der Waals surface area contributed by atoms with Gasteiger partial charge in [-0.25, -0.2) is 9.48 Å². The topological polar surface area (TPSA) is 95.9 Å². The molecule has 0 radical (unpaired) electrons. The van der Waals surface area contributed by atoms with Gasteiger partial charge in [-0.05, 0) is 37.3 Å². The number of hydrogen-bond acceptors (Lipinski definition) is 6. The van der Waals surface area contributed by atoms with Gasteiger partial charge in [0, 0.05) is 26.0 Å². The van der Waals surface area contributed by atoms with E-state index < -0.39 is 12.2 Å². The Hall–Kier alpha value is -2.46. The highest BCUT2D eigenvalue weighted by molar-refractivity contribution is 9.10. The summed E-state index contributed by atoms with van der Waals surface area (Å²) in [6.45, 7) is 7.94. The maximum atomic E-state index is 11.7. The lowest BCUT2D eigenvalue weighted by molar-refractivity contribution is 0.117. The normalized spacial score (nSPS) is 12.5. The van der Waals surface area contributed by atoms with Crippen molar-refractivity contribution in [3.8, 4) is 27.6 Å². The lowest BCUT2D eigenvalue weighted by atomic mass is 9.98. The van der Waals surface area contributed by atoms with Crippen LogP contribution in [-0.2, 0) is 10.2 Å². The van der Waals surface area contributed by atoms with Crippen LogP contribution < -0.4 is 5.73 Å². The zero-order valence-electron chi connectivity index (χ0n) is 19.3. The summed E-state index contributed by atoms with van der Waals surface area (Å²) in [7, 11) is 0. The quantitative estimate of drug-likeness (QED) is 0.257. The summed E-state index contributed by atoms with van der Waals surface area (Å²) in [4.78, 5) is 11.7. The molecule has 182 valence electrons. The summed E-state index contributed by atoms with van der Waals surface area (Å²) in [5.74, 6) is 0. The van der Waals surface area contributed by atoms with Gasteiger partial charge in [-0.2, -0.15) is 5.10 Å². The molecule has 1 atom stereocenters. The molecule has 4 aromatic rings. The van der Waals surface area contributed by atoms with Crippen molar-refractivity contribution in [3.05, 3.63) is 67.6 Å². The van der Waals surface area contributed by atoms with E-state index in [4.69, 9.17) is 38.8 Å². The van der Waals surface area contributed by atoms with Crippen LogP contribution in [0.4, 0.5) is 4.79 Å². The molecule has 1 amide bonds. The van der Waals surface area contributed by atoms with E-state index in [1.165, 1.54) is 11.3 Å². The lowest BCUT2D eigenvalue weighted by Gasteiger charge is -2.16. The SMILES string of the molecule is CC(OC(N)=O)c1c(-c2nnc(C(C)(C)C)s2)nn(-c2ccc(Cl)cc2Cl)c1-c1ccc(Br)cc1. The van der Waals surface area contributed by atoms with Gasteiger partial charge in [0.05, 0.1) is 16.4 Å². The van der Waals surface area contributed by atoms with Gasteiger partial charge in [0.25, 0.3) is 0 Å². The van der Waals surface area contributed by atoms with Crippen molar-refractivity contribution in [2.24, 2.45) is 5.73 Å². The first kappa shape index (κ1) is 25.6. The molecule has 0 bridgehead atoms. The number of rotatable bonds is 5. The van der Waals surface area contributed by atoms with E-state index in [1.807, 2.05) is 24.3 Å². The second-order valence-corrected chi connectivity index (χ2v) is 11.6. The predicted molar refractivity (Wildman–Crippen MR) is 143 cm³/mol. The van der Waals surface area contributed by atoms with Gasteiger partial charge in [-0.3, -0.25) is 0 Å². The Morgan fingerprint density at radius 3 is 2.40 bits per heavy atom. The number of ether oxygens (including phenoxy) is 1. The van der Waals surface area contributed by atoms with Crippen LogP contribution in [0, 0.1) is 0 Å². The number of nitrogens with zero attached hydrogens (tertiary/aromatic N) is 4. The molecule has 0 saturated carbocycles. The molecule has 2 heterocycles. The molecule has 0 fully saturated rings. The largest absolute Gasteiger partial charge is 0.442 e. The van der Waals surface area contributed by atoms with Crippen LogP contribution in [-0.4, -0.2) is 26.1 Å². The van der Waals surface area contributed by atoms with Crippen molar-refractivity contribution in [2.45, 2.75) is 39.2 Å². The molecule has 2 aromatic heterocycles. The first-order valence-electron chi connectivity index (χ1n) is 10.6. The third-order valence-electron chi connectivity index (χ3n) is 5.15. The van der Waals surface area contributed by atoms with E-state index >= 15 is 0 Å². The van der Waals surface area contributed by atoms with Crippen LogP contribution in [0.5, 0.6) is 0 Å². The molecule has 0 saturated heterocycles. The highest BCUT2D eigenvalue weighted by atomic mass is 79.9. The van der Waals surface area contributed by atoms with Crippen molar-refractivity contribution in [1.82, 2.24) is 20.0 Å². The number of aromatic nitrogens is 4. The summed E-state index contributed by atoms with van der Waals surface area (Å²) < 4.78 is 8.07. The van der Waals surface area contributed by atoms with Gasteiger partial charge in [0.1, 0.15) is 16.8 Å². The minimum absolute atomic E-state index is 0.192. The Balaban J connectivity index is 2.06. The van der Waals surface area contributed by atoms with Gasteiger partial charge in [-0.1, -0.05) is 83.4 Å². The van der Waals surface area contributed by atoms with Crippen LogP contribution in [0.3, 0.4) is 0 Å². The standard InChI is InChI=1S/C24H22BrCl2N5O2S/c1-12(34-23(28)33)18-19(21-29-30-22(35-21)24(2,3)4)31-32(17-10-9-15(26)11-16(17)27)20(18)13-5-7-14(25)8-6-13/h5-12H,1-4H3,(H2,28,33). The Morgan fingerprint density at radius 1 is 1.14 bits per heavy atom. The van der Waals surface area contributed by atoms with Gasteiger partial charge in [0.15, 0.2) is 5.01 Å². The van der Waals surface area contributed by atoms with Crippen LogP contribution in [0.25, 0.3) is 27.6 Å². The number of amides is 1. The van der Waals surface area contributed by atoms with Crippen molar-refractivity contribution in [2.75, 3.05) is 0 Å². The summed E-state index contributed by atoms with van der Waals surface area (Å²) in [6.07, 6.45) is -1.63. The Bertz CT molecular complexity index is 1400. The zero-order chi connectivity index (χ0) is 25.5. The second kappa shape index (κ2) is 9.89. The molecule has 4 rings (SSSR count). The maximum absolute atomic E-state index is 11.7. The summed E-state index contributed by atoms with van der Waals surface area (Å²) in [5, 5.41) is 16.1. The molecule has 0 spiro atoms. The summed E-state index contributed by atoms with van der Waals surface area (Å²) in [6, 6.07) is 12.9. The molecule has 35 heavy (non-hydrogen) atoms. The Labute approximate surface area is 225 Å². The monoisotopic (exact) mass is 593 g/mol. The molecule has 0 aliphatic carbocycles. The predicted octanol–water partition coefficient (Wildman–Crippen LogP) is 7.58. The number of nitrogens with two attached hydrogens (primary N) is 1. The second-order valence-electron chi connectivity index (χ2n) is 8.87. The molecule has 2 N–H and O–H groups in total. The number of carbonyl (C=O) groups is 1. The highest BCUT2D eigenvalue weighted by Crippen LogP contribution is 2.42. The maximum Gasteiger partial charge on any atom is 0.405 e. The third kappa shape index (κ3) is 5.38. The van der Waals surface area contributed by atoms with E-state index in [1.54, 1.807) is 29.8 Å². The lowest BCUT2D eigenvalue weighted by Crippen LogP contribution is -2.16. The highest BCUT2D eigenvalue weighted by Gasteiger charge is 2.31. The fourth-order valence-electron chi connectivity index (χ4n) is 3.54. The fraction of sp³-hybridized carbons (Fsp3) is 0.250. The van der Waals surface area contributed by atoms with Crippen LogP contribution in [0.2, 0.25) is 10.0 Å². The fourth-order valence-corrected chi connectivity index (χ4v) is 5.19. The molecular formula is C24H22BrCl2N5O2S. The van der Waals surface area contributed by atoms with E-state index in [0.29, 0.717) is 37.7 Å². The van der Waals surface area contributed by atoms with E-state index in [0.717, 1.165) is 15.0 Å². The summed E-state index contributed by atoms with van der Waals surface area (Å²) >= 11 is 17.7. The number of halogens is 3. The summed E-state index contributed by atoms with van der Waals surface area (Å²) in [5.41, 5.74) is 8.47. The smallest absolute Gasteiger partial charge is 0.405 e. The number of primary amides is 1. The van der Waals surface area contributed by atoms with Gasteiger partial charge < -0.3 is 10.5 Å². The minimum Gasteiger partial charge on any atom is -0.442 e. The van der Waals surface area contributed by atoms with Crippen molar-refractivity contribution >= 4 is 56.6 Å². The Kier molecular flexibility index (Phi) is 7.24. The molecule has 11 heteroatoms.